The molecule has 4 aromatic rings. The second kappa shape index (κ2) is 14.7. The van der Waals surface area contributed by atoms with Gasteiger partial charge < -0.3 is 29.3 Å². The molecule has 1 unspecified atom stereocenters. The topological polar surface area (TPSA) is 141 Å². The summed E-state index contributed by atoms with van der Waals surface area (Å²) in [7, 11) is 3.25. The second-order valence-electron chi connectivity index (χ2n) is 13.6. The molecular formula is C36H45N7O4S2. The minimum atomic E-state index is -1.19. The van der Waals surface area contributed by atoms with E-state index < -0.39 is 11.4 Å². The number of rotatable bonds is 11. The molecule has 1 fully saturated rings. The molecule has 0 saturated carbocycles. The predicted molar refractivity (Wildman–Crippen MR) is 194 cm³/mol. The van der Waals surface area contributed by atoms with E-state index in [1.165, 1.54) is 22.9 Å². The molecule has 0 radical (unpaired) electrons. The van der Waals surface area contributed by atoms with Crippen molar-refractivity contribution in [3.63, 3.8) is 0 Å². The lowest BCUT2D eigenvalue weighted by molar-refractivity contribution is 0.175. The van der Waals surface area contributed by atoms with Crippen molar-refractivity contribution < 1.29 is 19.1 Å². The molecule has 3 N–H and O–H groups in total. The van der Waals surface area contributed by atoms with Gasteiger partial charge in [0, 0.05) is 54.2 Å². The maximum Gasteiger partial charge on any atom is 0.223 e. The van der Waals surface area contributed by atoms with Crippen LogP contribution in [0.15, 0.2) is 64.8 Å². The molecule has 2 aliphatic rings. The number of anilines is 2. The van der Waals surface area contributed by atoms with Gasteiger partial charge in [-0.3, -0.25) is 0 Å². The molecular weight excluding hydrogens is 659 g/mol. The van der Waals surface area contributed by atoms with E-state index in [0.717, 1.165) is 55.2 Å². The molecule has 1 spiro atoms. The maximum absolute atomic E-state index is 13.3. The van der Waals surface area contributed by atoms with E-state index in [4.69, 9.17) is 19.4 Å². The monoisotopic (exact) mass is 703 g/mol. The molecule has 49 heavy (non-hydrogen) atoms. The number of aromatic nitrogens is 4. The molecule has 2 atom stereocenters. The fraction of sp³-hybridized carbons (Fsp3) is 0.444. The zero-order chi connectivity index (χ0) is 34.8. The van der Waals surface area contributed by atoms with Gasteiger partial charge in [-0.15, -0.1) is 4.72 Å². The second-order valence-corrected chi connectivity index (χ2v) is 16.6. The van der Waals surface area contributed by atoms with E-state index in [1.807, 2.05) is 52.0 Å². The van der Waals surface area contributed by atoms with Gasteiger partial charge in [0.05, 0.1) is 32.6 Å². The summed E-state index contributed by atoms with van der Waals surface area (Å²) in [6.07, 6.45) is 4.47. The number of piperidine rings is 1. The summed E-state index contributed by atoms with van der Waals surface area (Å²) in [6.45, 7) is 9.74. The summed E-state index contributed by atoms with van der Waals surface area (Å²) in [5.74, 6) is 2.63. The van der Waals surface area contributed by atoms with Crippen molar-refractivity contribution in [1.29, 1.82) is 0 Å². The van der Waals surface area contributed by atoms with E-state index in [1.54, 1.807) is 20.4 Å². The third-order valence-electron chi connectivity index (χ3n) is 9.35. The summed E-state index contributed by atoms with van der Waals surface area (Å²) in [5, 5.41) is 15.1. The van der Waals surface area contributed by atoms with Crippen LogP contribution >= 0.6 is 11.8 Å². The summed E-state index contributed by atoms with van der Waals surface area (Å²) >= 11 is 0.198. The van der Waals surface area contributed by atoms with Crippen LogP contribution in [0.5, 0.6) is 11.5 Å². The van der Waals surface area contributed by atoms with Crippen LogP contribution in [-0.2, 0) is 30.9 Å². The Kier molecular flexibility index (Phi) is 10.6. The van der Waals surface area contributed by atoms with Crippen molar-refractivity contribution in [2.45, 2.75) is 80.9 Å². The Morgan fingerprint density at radius 1 is 1.06 bits per heavy atom. The van der Waals surface area contributed by atoms with E-state index in [9.17, 15) is 9.66 Å². The average Bonchev–Trinajstić information content (AvgIpc) is 3.39. The lowest BCUT2D eigenvalue weighted by Gasteiger charge is -2.44. The van der Waals surface area contributed by atoms with Crippen LogP contribution < -0.4 is 24.4 Å². The van der Waals surface area contributed by atoms with Crippen molar-refractivity contribution in [1.82, 2.24) is 24.7 Å². The molecule has 1 saturated heterocycles. The minimum Gasteiger partial charge on any atom is -0.598 e. The van der Waals surface area contributed by atoms with Gasteiger partial charge in [0.2, 0.25) is 5.95 Å². The molecule has 2 aromatic heterocycles. The van der Waals surface area contributed by atoms with E-state index in [2.05, 4.69) is 49.2 Å². The van der Waals surface area contributed by atoms with Crippen molar-refractivity contribution in [2.75, 3.05) is 37.5 Å². The van der Waals surface area contributed by atoms with Gasteiger partial charge in [-0.2, -0.15) is 0 Å². The zero-order valence-corrected chi connectivity index (χ0v) is 30.6. The Hall–Kier alpha value is -3.62. The third-order valence-corrected chi connectivity index (χ3v) is 11.9. The Bertz CT molecular complexity index is 1780. The molecule has 260 valence electrons. The van der Waals surface area contributed by atoms with Crippen LogP contribution in [0.3, 0.4) is 0 Å². The van der Waals surface area contributed by atoms with E-state index in [0.29, 0.717) is 34.0 Å². The van der Waals surface area contributed by atoms with Crippen LogP contribution in [0, 0.1) is 12.3 Å². The number of fused-ring (bicyclic) bond motifs is 1. The highest BCUT2D eigenvalue weighted by Gasteiger charge is 2.50. The highest BCUT2D eigenvalue weighted by molar-refractivity contribution is 7.99. The number of nitrogens with zero attached hydrogens (tertiary/aromatic N) is 5. The van der Waals surface area contributed by atoms with Gasteiger partial charge in [-0.1, -0.05) is 24.3 Å². The highest BCUT2D eigenvalue weighted by atomic mass is 32.2. The van der Waals surface area contributed by atoms with Gasteiger partial charge in [-0.25, -0.2) is 19.9 Å². The molecule has 2 aromatic carbocycles. The quantitative estimate of drug-likeness (QED) is 0.129. The summed E-state index contributed by atoms with van der Waals surface area (Å²) in [4.78, 5) is 21.2. The van der Waals surface area contributed by atoms with Gasteiger partial charge >= 0.3 is 0 Å². The van der Waals surface area contributed by atoms with Gasteiger partial charge in [0.25, 0.3) is 0 Å². The van der Waals surface area contributed by atoms with Gasteiger partial charge in [-0.05, 0) is 88.0 Å². The number of aliphatic hydroxyl groups is 1. The number of aryl methyl sites for hydroxylation is 1. The first-order valence-electron chi connectivity index (χ1n) is 16.5. The normalized spacial score (nSPS) is 17.6. The molecule has 1 aliphatic carbocycles. The number of ether oxygens (including phenoxy) is 2. The van der Waals surface area contributed by atoms with Gasteiger partial charge in [0.1, 0.15) is 32.0 Å². The van der Waals surface area contributed by atoms with Crippen LogP contribution in [0.1, 0.15) is 67.7 Å². The Labute approximate surface area is 296 Å². The summed E-state index contributed by atoms with van der Waals surface area (Å²) in [5.41, 5.74) is 4.79. The summed E-state index contributed by atoms with van der Waals surface area (Å²) in [6, 6.07) is 16.1. The standard InChI is InChI=1S/C36H45N7O4S2/c1-23-33(48-30-13-16-37-34(41-30)38-21-25-11-12-26(46-5)19-29(25)47-6)40-28(22-44)32(39-23)43-17-14-36(15-18-43)20-24-9-7-8-10-27(24)31(36)42-49(45)35(2,3)4/h7-13,16,19,31,42,44H,14-15,17-18,20-22H2,1-6H3,(H,37,38,41)/t31-,49?/m1/s1. The number of hydrogen-bond acceptors (Lipinski definition) is 12. The van der Waals surface area contributed by atoms with Crippen LogP contribution in [0.25, 0.3) is 0 Å². The number of aliphatic hydroxyl groups excluding tert-OH is 1. The van der Waals surface area contributed by atoms with E-state index in [-0.39, 0.29) is 22.8 Å². The Balaban J connectivity index is 1.15. The van der Waals surface area contributed by atoms with Crippen molar-refractivity contribution in [3.05, 3.63) is 82.8 Å². The predicted octanol–water partition coefficient (Wildman–Crippen LogP) is 5.78. The minimum absolute atomic E-state index is 0.0142. The first-order valence-corrected chi connectivity index (χ1v) is 18.4. The van der Waals surface area contributed by atoms with E-state index >= 15 is 0 Å². The number of hydrogen-bond donors (Lipinski definition) is 3. The summed E-state index contributed by atoms with van der Waals surface area (Å²) < 4.78 is 27.3. The number of benzene rings is 2. The van der Waals surface area contributed by atoms with Crippen LogP contribution in [0.4, 0.5) is 11.8 Å². The van der Waals surface area contributed by atoms with Crippen molar-refractivity contribution in [3.8, 4) is 11.5 Å². The van der Waals surface area contributed by atoms with Crippen molar-refractivity contribution in [2.24, 2.45) is 5.41 Å². The SMILES string of the molecule is COc1ccc(CNc2nccc(Sc3nc(CO)c(N4CCC5(CC4)Cc4ccccc4[C@H]5N[S+]([O-])C(C)(C)C)nc3C)n2)c(OC)c1. The Morgan fingerprint density at radius 3 is 2.55 bits per heavy atom. The highest BCUT2D eigenvalue weighted by Crippen LogP contribution is 2.53. The zero-order valence-electron chi connectivity index (χ0n) is 28.9. The maximum atomic E-state index is 13.3. The first-order chi connectivity index (χ1) is 23.5. The van der Waals surface area contributed by atoms with Crippen LogP contribution in [-0.4, -0.2) is 61.7 Å². The fourth-order valence-electron chi connectivity index (χ4n) is 6.63. The lowest BCUT2D eigenvalue weighted by atomic mass is 9.73. The first kappa shape index (κ1) is 35.2. The molecule has 13 heteroatoms. The third kappa shape index (κ3) is 7.60. The fourth-order valence-corrected chi connectivity index (χ4v) is 8.38. The smallest absolute Gasteiger partial charge is 0.223 e. The van der Waals surface area contributed by atoms with Gasteiger partial charge in [0.15, 0.2) is 5.82 Å². The molecule has 3 heterocycles. The van der Waals surface area contributed by atoms with Crippen LogP contribution in [0.2, 0.25) is 0 Å². The number of nitrogens with one attached hydrogen (secondary N) is 2. The molecule has 1 aliphatic heterocycles. The average molecular weight is 704 g/mol. The molecule has 0 amide bonds. The molecule has 6 rings (SSSR count). The number of methoxy groups -OCH3 is 2. The molecule has 0 bridgehead atoms. The largest absolute Gasteiger partial charge is 0.598 e. The lowest BCUT2D eigenvalue weighted by Crippen LogP contribution is -2.50. The van der Waals surface area contributed by atoms with Crippen molar-refractivity contribution >= 4 is 34.9 Å². The molecule has 11 nitrogen and oxygen atoms in total. The Morgan fingerprint density at radius 2 is 1.84 bits per heavy atom.